The fraction of sp³-hybridized carbons (Fsp3) is 0.367. The van der Waals surface area contributed by atoms with Gasteiger partial charge in [-0.1, -0.05) is 25.5 Å². The highest BCUT2D eigenvalue weighted by Gasteiger charge is 2.53. The summed E-state index contributed by atoms with van der Waals surface area (Å²) >= 11 is 0. The molecule has 1 saturated carbocycles. The summed E-state index contributed by atoms with van der Waals surface area (Å²) in [7, 11) is 0. The van der Waals surface area contributed by atoms with Crippen LogP contribution < -0.4 is 0 Å². The van der Waals surface area contributed by atoms with E-state index in [0.717, 1.165) is 12.2 Å². The van der Waals surface area contributed by atoms with Crippen molar-refractivity contribution >= 4 is 30.1 Å². The summed E-state index contributed by atoms with van der Waals surface area (Å²) in [5.41, 5.74) is -1.73. The number of benzene rings is 2. The summed E-state index contributed by atoms with van der Waals surface area (Å²) < 4.78 is 15.7. The van der Waals surface area contributed by atoms with Crippen molar-refractivity contribution in [2.75, 3.05) is 6.61 Å². The zero-order valence-electron chi connectivity index (χ0n) is 23.2. The van der Waals surface area contributed by atoms with Crippen LogP contribution in [0.25, 0.3) is 12.2 Å². The van der Waals surface area contributed by atoms with Crippen LogP contribution in [0.5, 0.6) is 23.0 Å². The van der Waals surface area contributed by atoms with Gasteiger partial charge in [0.05, 0.1) is 6.10 Å². The molecule has 0 spiro atoms. The number of aromatic hydroxyl groups is 4. The molecule has 13 nitrogen and oxygen atoms in total. The maximum atomic E-state index is 12.9. The third-order valence-electron chi connectivity index (χ3n) is 6.61. The predicted molar refractivity (Wildman–Crippen MR) is 149 cm³/mol. The van der Waals surface area contributed by atoms with Crippen LogP contribution in [0.2, 0.25) is 0 Å². The van der Waals surface area contributed by atoms with Crippen molar-refractivity contribution in [2.24, 2.45) is 0 Å². The zero-order valence-corrected chi connectivity index (χ0v) is 23.2. The van der Waals surface area contributed by atoms with Gasteiger partial charge < -0.3 is 50.0 Å². The normalized spacial score (nSPS) is 22.7. The third kappa shape index (κ3) is 9.20. The van der Waals surface area contributed by atoms with E-state index in [1.165, 1.54) is 48.6 Å². The van der Waals surface area contributed by atoms with Crippen LogP contribution in [0, 0.1) is 0 Å². The van der Waals surface area contributed by atoms with Gasteiger partial charge in [0, 0.05) is 25.0 Å². The van der Waals surface area contributed by atoms with Crippen LogP contribution in [-0.4, -0.2) is 90.3 Å². The molecule has 0 bridgehead atoms. The second-order valence-corrected chi connectivity index (χ2v) is 10.1. The number of hydrogen-bond acceptors (Lipinski definition) is 13. The van der Waals surface area contributed by atoms with Crippen LogP contribution in [0.4, 0.5) is 0 Å². The monoisotopic (exact) mass is 602 g/mol. The van der Waals surface area contributed by atoms with Crippen LogP contribution in [0.1, 0.15) is 43.7 Å². The number of aliphatic hydroxyl groups is 3. The number of phenols is 4. The first-order chi connectivity index (χ1) is 20.3. The van der Waals surface area contributed by atoms with Gasteiger partial charge in [-0.15, -0.1) is 0 Å². The molecule has 2 aromatic rings. The van der Waals surface area contributed by atoms with Gasteiger partial charge in [-0.2, -0.15) is 0 Å². The van der Waals surface area contributed by atoms with Gasteiger partial charge >= 0.3 is 17.9 Å². The highest BCUT2D eigenvalue weighted by atomic mass is 16.6. The molecular weight excluding hydrogens is 568 g/mol. The molecule has 232 valence electrons. The molecule has 1 unspecified atom stereocenters. The van der Waals surface area contributed by atoms with Crippen LogP contribution >= 0.6 is 0 Å². The van der Waals surface area contributed by atoms with E-state index < -0.39 is 78.9 Å². The maximum absolute atomic E-state index is 12.9. The van der Waals surface area contributed by atoms with E-state index in [9.17, 15) is 50.1 Å². The molecule has 1 aliphatic rings. The molecule has 0 aliphatic heterocycles. The third-order valence-corrected chi connectivity index (χ3v) is 6.61. The van der Waals surface area contributed by atoms with Gasteiger partial charge in [0.25, 0.3) is 0 Å². The number of ether oxygens (including phenoxy) is 3. The van der Waals surface area contributed by atoms with Crippen molar-refractivity contribution in [1.82, 2.24) is 0 Å². The van der Waals surface area contributed by atoms with Crippen LogP contribution in [0.15, 0.2) is 48.6 Å². The van der Waals surface area contributed by atoms with Gasteiger partial charge in [0.1, 0.15) is 24.9 Å². The Morgan fingerprint density at radius 2 is 1.33 bits per heavy atom. The minimum atomic E-state index is -2.38. The SMILES string of the molecule is CCCC(O)COC(=O)[C@]1(O)C[C@@H](OC(=O)/C=C/c2ccc(O)c(O)c2)[C@@H](O)[C@H](OC(=O)/C=C/c2ccc(O)c(O)c2)C1. The van der Waals surface area contributed by atoms with E-state index in [1.807, 2.05) is 6.92 Å². The average Bonchev–Trinajstić information content (AvgIpc) is 2.95. The molecule has 1 aliphatic carbocycles. The second kappa shape index (κ2) is 14.5. The first kappa shape index (κ1) is 32.9. The topological polar surface area (TPSA) is 221 Å². The van der Waals surface area contributed by atoms with Crippen LogP contribution in [0.3, 0.4) is 0 Å². The molecule has 43 heavy (non-hydrogen) atoms. The summed E-state index contributed by atoms with van der Waals surface area (Å²) in [5.74, 6) is -4.78. The van der Waals surface area contributed by atoms with E-state index in [2.05, 4.69) is 0 Å². The Bertz CT molecular complexity index is 1280. The van der Waals surface area contributed by atoms with Crippen molar-refractivity contribution in [1.29, 1.82) is 0 Å². The Kier molecular flexibility index (Phi) is 11.1. The standard InChI is InChI=1S/C30H34O13/c1-2-3-19(31)16-41-29(39)30(40)14-24(42-26(36)10-6-17-4-8-20(32)22(34)12-17)28(38)25(15-30)43-27(37)11-7-18-5-9-21(33)23(35)13-18/h4-13,19,24-25,28,31-35,38,40H,2-3,14-16H2,1H3/b10-6+,11-7+/t19?,24-,25-,28-,30+/m1/s1. The smallest absolute Gasteiger partial charge is 0.338 e. The highest BCUT2D eigenvalue weighted by molar-refractivity contribution is 5.88. The molecule has 0 radical (unpaired) electrons. The van der Waals surface area contributed by atoms with Gasteiger partial charge in [0.2, 0.25) is 0 Å². The van der Waals surface area contributed by atoms with E-state index >= 15 is 0 Å². The van der Waals surface area contributed by atoms with Gasteiger partial charge in [0.15, 0.2) is 28.6 Å². The van der Waals surface area contributed by atoms with Crippen molar-refractivity contribution in [2.45, 2.75) is 62.6 Å². The van der Waals surface area contributed by atoms with Crippen molar-refractivity contribution in [3.8, 4) is 23.0 Å². The minimum absolute atomic E-state index is 0.322. The van der Waals surface area contributed by atoms with E-state index in [-0.39, 0.29) is 11.5 Å². The Labute approximate surface area is 246 Å². The largest absolute Gasteiger partial charge is 0.504 e. The Hall–Kier alpha value is -4.59. The molecule has 13 heteroatoms. The fourth-order valence-corrected chi connectivity index (χ4v) is 4.34. The molecule has 0 aromatic heterocycles. The molecule has 0 amide bonds. The first-order valence-electron chi connectivity index (χ1n) is 13.4. The number of esters is 3. The van der Waals surface area contributed by atoms with E-state index in [0.29, 0.717) is 24.0 Å². The summed E-state index contributed by atoms with van der Waals surface area (Å²) in [6, 6.07) is 7.56. The molecule has 0 saturated heterocycles. The highest BCUT2D eigenvalue weighted by Crippen LogP contribution is 2.34. The van der Waals surface area contributed by atoms with Crippen LogP contribution in [-0.2, 0) is 28.6 Å². The molecule has 7 N–H and O–H groups in total. The van der Waals surface area contributed by atoms with Gasteiger partial charge in [-0.25, -0.2) is 14.4 Å². The predicted octanol–water partition coefficient (Wildman–Crippen LogP) is 1.65. The molecule has 0 heterocycles. The maximum Gasteiger partial charge on any atom is 0.338 e. The fourth-order valence-electron chi connectivity index (χ4n) is 4.34. The number of phenolic OH excluding ortho intramolecular Hbond substituents is 4. The van der Waals surface area contributed by atoms with Crippen molar-refractivity contribution in [3.05, 3.63) is 59.7 Å². The number of carbonyl (C=O) groups is 3. The first-order valence-corrected chi connectivity index (χ1v) is 13.4. The molecule has 1 fully saturated rings. The van der Waals surface area contributed by atoms with Gasteiger partial charge in [-0.3, -0.25) is 0 Å². The Balaban J connectivity index is 1.77. The molecule has 3 rings (SSSR count). The Morgan fingerprint density at radius 3 is 1.74 bits per heavy atom. The van der Waals surface area contributed by atoms with E-state index in [4.69, 9.17) is 14.2 Å². The van der Waals surface area contributed by atoms with Gasteiger partial charge in [-0.05, 0) is 54.0 Å². The number of aliphatic hydroxyl groups excluding tert-OH is 2. The Morgan fingerprint density at radius 1 is 0.860 bits per heavy atom. The summed E-state index contributed by atoms with van der Waals surface area (Å²) in [5, 5.41) is 70.1. The molecule has 2 aromatic carbocycles. The molecular formula is C30H34O13. The number of rotatable bonds is 11. The number of carbonyl (C=O) groups excluding carboxylic acids is 3. The number of hydrogen-bond donors (Lipinski definition) is 7. The van der Waals surface area contributed by atoms with Crippen molar-refractivity contribution < 1.29 is 64.3 Å². The minimum Gasteiger partial charge on any atom is -0.504 e. The quantitative estimate of drug-likeness (QED) is 0.0843. The summed E-state index contributed by atoms with van der Waals surface area (Å²) in [4.78, 5) is 38.0. The lowest BCUT2D eigenvalue weighted by molar-refractivity contribution is -0.207. The summed E-state index contributed by atoms with van der Waals surface area (Å²) in [6.07, 6.45) is -1.66. The summed E-state index contributed by atoms with van der Waals surface area (Å²) in [6.45, 7) is 1.40. The lowest BCUT2D eigenvalue weighted by Crippen LogP contribution is -2.58. The average molecular weight is 603 g/mol. The van der Waals surface area contributed by atoms with E-state index in [1.54, 1.807) is 0 Å². The lowest BCUT2D eigenvalue weighted by Gasteiger charge is -2.41. The second-order valence-electron chi connectivity index (χ2n) is 10.1. The molecule has 3 atom stereocenters. The lowest BCUT2D eigenvalue weighted by atomic mass is 9.79. The van der Waals surface area contributed by atoms with Crippen molar-refractivity contribution in [3.63, 3.8) is 0 Å². The zero-order chi connectivity index (χ0) is 31.7.